The number of rotatable bonds is 4. The molecule has 1 aromatic heterocycles. The van der Waals surface area contributed by atoms with Gasteiger partial charge < -0.3 is 14.8 Å². The minimum atomic E-state index is -0.363. The highest BCUT2D eigenvalue weighted by atomic mass is 16.5. The highest BCUT2D eigenvalue weighted by molar-refractivity contribution is 5.94. The smallest absolute Gasteiger partial charge is 0.341 e. The van der Waals surface area contributed by atoms with Gasteiger partial charge in [-0.1, -0.05) is 0 Å². The fourth-order valence-electron chi connectivity index (χ4n) is 2.63. The number of hydrogen-bond donors (Lipinski definition) is 1. The lowest BCUT2D eigenvalue weighted by atomic mass is 10.1. The fraction of sp³-hybridized carbons (Fsp3) is 0.571. The molecule has 0 aromatic carbocycles. The zero-order chi connectivity index (χ0) is 13.2. The lowest BCUT2D eigenvalue weighted by Gasteiger charge is -2.21. The fourth-order valence-corrected chi connectivity index (χ4v) is 2.63. The highest BCUT2D eigenvalue weighted by Gasteiger charge is 2.41. The Balaban J connectivity index is 1.77. The van der Waals surface area contributed by atoms with Crippen molar-refractivity contribution in [2.45, 2.75) is 31.4 Å². The molecule has 5 nitrogen and oxygen atoms in total. The summed E-state index contributed by atoms with van der Waals surface area (Å²) >= 11 is 0. The molecule has 19 heavy (non-hydrogen) atoms. The second kappa shape index (κ2) is 5.17. The number of nitrogens with one attached hydrogen (secondary N) is 1. The van der Waals surface area contributed by atoms with Crippen molar-refractivity contribution in [3.8, 4) is 0 Å². The molecule has 2 heterocycles. The van der Waals surface area contributed by atoms with Gasteiger partial charge in [0.25, 0.3) is 0 Å². The third-order valence-electron chi connectivity index (χ3n) is 3.76. The number of esters is 1. The molecule has 3 rings (SSSR count). The first-order chi connectivity index (χ1) is 9.29. The Hall–Kier alpha value is -1.62. The van der Waals surface area contributed by atoms with Crippen LogP contribution in [0.4, 0.5) is 5.82 Å². The predicted octanol–water partition coefficient (Wildman–Crippen LogP) is 1.85. The minimum absolute atomic E-state index is 0.241. The number of pyridine rings is 1. The predicted molar refractivity (Wildman–Crippen MR) is 70.1 cm³/mol. The maximum absolute atomic E-state index is 11.7. The van der Waals surface area contributed by atoms with E-state index in [2.05, 4.69) is 10.3 Å². The Morgan fingerprint density at radius 1 is 1.47 bits per heavy atom. The lowest BCUT2D eigenvalue weighted by Crippen LogP contribution is -2.32. The van der Waals surface area contributed by atoms with Gasteiger partial charge in [0.1, 0.15) is 11.4 Å². The average Bonchev–Trinajstić information content (AvgIpc) is 3.19. The van der Waals surface area contributed by atoms with Crippen LogP contribution in [0.5, 0.6) is 0 Å². The summed E-state index contributed by atoms with van der Waals surface area (Å²) in [4.78, 5) is 16.0. The molecule has 2 aliphatic rings. The van der Waals surface area contributed by atoms with E-state index in [9.17, 15) is 4.79 Å². The number of carbonyl (C=O) groups is 1. The van der Waals surface area contributed by atoms with Gasteiger partial charge in [-0.25, -0.2) is 9.78 Å². The summed E-state index contributed by atoms with van der Waals surface area (Å²) in [6.45, 7) is 0.777. The van der Waals surface area contributed by atoms with E-state index in [0.29, 0.717) is 17.3 Å². The van der Waals surface area contributed by atoms with Crippen LogP contribution >= 0.6 is 0 Å². The number of methoxy groups -OCH3 is 1. The van der Waals surface area contributed by atoms with Crippen LogP contribution in [-0.2, 0) is 9.47 Å². The molecule has 1 saturated heterocycles. The highest BCUT2D eigenvalue weighted by Crippen LogP contribution is 2.39. The third kappa shape index (κ3) is 2.56. The lowest BCUT2D eigenvalue weighted by molar-refractivity contribution is 0.0601. The topological polar surface area (TPSA) is 60.5 Å². The Bertz CT molecular complexity index is 474. The van der Waals surface area contributed by atoms with Gasteiger partial charge in [-0.2, -0.15) is 0 Å². The molecule has 1 N–H and O–H groups in total. The van der Waals surface area contributed by atoms with Crippen molar-refractivity contribution in [2.75, 3.05) is 19.0 Å². The molecule has 1 saturated carbocycles. The van der Waals surface area contributed by atoms with E-state index < -0.39 is 0 Å². The number of anilines is 1. The first-order valence-electron chi connectivity index (χ1n) is 6.71. The van der Waals surface area contributed by atoms with Crippen molar-refractivity contribution in [3.63, 3.8) is 0 Å². The van der Waals surface area contributed by atoms with Crippen LogP contribution < -0.4 is 5.32 Å². The van der Waals surface area contributed by atoms with Crippen LogP contribution in [0.3, 0.4) is 0 Å². The van der Waals surface area contributed by atoms with Gasteiger partial charge in [0.15, 0.2) is 0 Å². The second-order valence-corrected chi connectivity index (χ2v) is 5.10. The van der Waals surface area contributed by atoms with Crippen molar-refractivity contribution in [3.05, 3.63) is 23.9 Å². The molecule has 5 heteroatoms. The molecule has 0 radical (unpaired) electrons. The van der Waals surface area contributed by atoms with Crippen molar-refractivity contribution < 1.29 is 14.3 Å². The second-order valence-electron chi connectivity index (χ2n) is 5.10. The standard InChI is InChI=1S/C14H18N2O3/c1-18-14(17)10-3-2-7-15-13(10)16-11-6-8-19-12(11)9-4-5-9/h2-3,7,9,11-12H,4-6,8H2,1H3,(H,15,16). The van der Waals surface area contributed by atoms with Crippen LogP contribution in [0, 0.1) is 5.92 Å². The van der Waals surface area contributed by atoms with E-state index in [1.54, 1.807) is 18.3 Å². The van der Waals surface area contributed by atoms with Crippen molar-refractivity contribution in [2.24, 2.45) is 5.92 Å². The summed E-state index contributed by atoms with van der Waals surface area (Å²) in [5, 5.41) is 3.36. The molecule has 2 atom stereocenters. The van der Waals surface area contributed by atoms with Crippen molar-refractivity contribution >= 4 is 11.8 Å². The van der Waals surface area contributed by atoms with Crippen LogP contribution in [0.15, 0.2) is 18.3 Å². The maximum Gasteiger partial charge on any atom is 0.341 e. The monoisotopic (exact) mass is 262 g/mol. The minimum Gasteiger partial charge on any atom is -0.465 e. The molecule has 1 aromatic rings. The molecular weight excluding hydrogens is 244 g/mol. The summed E-state index contributed by atoms with van der Waals surface area (Å²) in [5.41, 5.74) is 0.478. The van der Waals surface area contributed by atoms with E-state index in [1.807, 2.05) is 0 Å². The zero-order valence-electron chi connectivity index (χ0n) is 11.0. The summed E-state index contributed by atoms with van der Waals surface area (Å²) in [7, 11) is 1.38. The SMILES string of the molecule is COC(=O)c1cccnc1NC1CCOC1C1CC1. The van der Waals surface area contributed by atoms with Gasteiger partial charge in [-0.15, -0.1) is 0 Å². The van der Waals surface area contributed by atoms with Crippen LogP contribution in [0.1, 0.15) is 29.6 Å². The number of aromatic nitrogens is 1. The summed E-state index contributed by atoms with van der Waals surface area (Å²) < 4.78 is 10.6. The molecule has 2 unspecified atom stereocenters. The molecule has 102 valence electrons. The Labute approximate surface area is 112 Å². The molecule has 0 amide bonds. The molecule has 0 spiro atoms. The van der Waals surface area contributed by atoms with E-state index in [0.717, 1.165) is 13.0 Å². The first-order valence-corrected chi connectivity index (χ1v) is 6.71. The molecular formula is C14H18N2O3. The van der Waals surface area contributed by atoms with Crippen molar-refractivity contribution in [1.82, 2.24) is 4.98 Å². The number of carbonyl (C=O) groups excluding carboxylic acids is 1. The van der Waals surface area contributed by atoms with Gasteiger partial charge >= 0.3 is 5.97 Å². The summed E-state index contributed by atoms with van der Waals surface area (Å²) in [6.07, 6.45) is 5.38. The Morgan fingerprint density at radius 2 is 2.32 bits per heavy atom. The summed E-state index contributed by atoms with van der Waals surface area (Å²) in [5.74, 6) is 0.901. The number of ether oxygens (including phenoxy) is 2. The third-order valence-corrected chi connectivity index (χ3v) is 3.76. The van der Waals surface area contributed by atoms with Gasteiger partial charge in [-0.05, 0) is 37.3 Å². The number of hydrogen-bond acceptors (Lipinski definition) is 5. The first kappa shape index (κ1) is 12.4. The average molecular weight is 262 g/mol. The van der Waals surface area contributed by atoms with E-state index in [-0.39, 0.29) is 18.1 Å². The van der Waals surface area contributed by atoms with Gasteiger partial charge in [0, 0.05) is 12.8 Å². The summed E-state index contributed by atoms with van der Waals surface area (Å²) in [6, 6.07) is 3.70. The normalized spacial score (nSPS) is 26.2. The van der Waals surface area contributed by atoms with E-state index in [1.165, 1.54) is 20.0 Å². The van der Waals surface area contributed by atoms with Gasteiger partial charge in [0.05, 0.1) is 19.3 Å². The number of nitrogens with zero attached hydrogens (tertiary/aromatic N) is 1. The van der Waals surface area contributed by atoms with Crippen molar-refractivity contribution in [1.29, 1.82) is 0 Å². The van der Waals surface area contributed by atoms with E-state index >= 15 is 0 Å². The van der Waals surface area contributed by atoms with Gasteiger partial charge in [-0.3, -0.25) is 0 Å². The maximum atomic E-state index is 11.7. The largest absolute Gasteiger partial charge is 0.465 e. The molecule has 1 aliphatic heterocycles. The Kier molecular flexibility index (Phi) is 3.38. The zero-order valence-corrected chi connectivity index (χ0v) is 11.0. The van der Waals surface area contributed by atoms with Crippen LogP contribution in [0.25, 0.3) is 0 Å². The quantitative estimate of drug-likeness (QED) is 0.839. The van der Waals surface area contributed by atoms with Gasteiger partial charge in [0.2, 0.25) is 0 Å². The van der Waals surface area contributed by atoms with E-state index in [4.69, 9.17) is 9.47 Å². The van der Waals surface area contributed by atoms with Crippen LogP contribution in [-0.4, -0.2) is 36.8 Å². The molecule has 0 bridgehead atoms. The molecule has 1 aliphatic carbocycles. The molecule has 2 fully saturated rings. The Morgan fingerprint density at radius 3 is 3.05 bits per heavy atom. The van der Waals surface area contributed by atoms with Crippen LogP contribution in [0.2, 0.25) is 0 Å².